The third-order valence-electron chi connectivity index (χ3n) is 3.56. The maximum atomic E-state index is 11.6. The van der Waals surface area contributed by atoms with Gasteiger partial charge in [-0.1, -0.05) is 0 Å². The third kappa shape index (κ3) is 3.91. The summed E-state index contributed by atoms with van der Waals surface area (Å²) < 4.78 is 28.8. The summed E-state index contributed by atoms with van der Waals surface area (Å²) in [5.41, 5.74) is 0. The molecule has 5 nitrogen and oxygen atoms in total. The van der Waals surface area contributed by atoms with Crippen molar-refractivity contribution in [1.29, 1.82) is 0 Å². The van der Waals surface area contributed by atoms with E-state index in [1.165, 1.54) is 0 Å². The van der Waals surface area contributed by atoms with Crippen molar-refractivity contribution >= 4 is 9.84 Å². The van der Waals surface area contributed by atoms with Gasteiger partial charge in [0.2, 0.25) is 0 Å². The molecule has 0 bridgehead atoms. The Hall–Kier alpha value is -0.170. The maximum Gasteiger partial charge on any atom is 0.151 e. The molecule has 2 rings (SSSR count). The van der Waals surface area contributed by atoms with E-state index < -0.39 is 9.84 Å². The second kappa shape index (κ2) is 5.65. The Morgan fingerprint density at radius 1 is 1.47 bits per heavy atom. The first-order chi connectivity index (χ1) is 8.07. The Morgan fingerprint density at radius 3 is 2.94 bits per heavy atom. The summed E-state index contributed by atoms with van der Waals surface area (Å²) in [5.74, 6) is 0.669. The summed E-state index contributed by atoms with van der Waals surface area (Å²) in [6.07, 6.45) is 1.97. The molecule has 2 unspecified atom stereocenters. The van der Waals surface area contributed by atoms with E-state index in [2.05, 4.69) is 10.2 Å². The number of rotatable bonds is 3. The van der Waals surface area contributed by atoms with E-state index in [1.807, 2.05) is 7.05 Å². The molecule has 2 saturated heterocycles. The molecule has 2 aliphatic rings. The molecule has 0 aromatic rings. The summed E-state index contributed by atoms with van der Waals surface area (Å²) in [6.45, 7) is 3.34. The van der Waals surface area contributed by atoms with Crippen LogP contribution in [0.1, 0.15) is 12.8 Å². The van der Waals surface area contributed by atoms with Crippen molar-refractivity contribution < 1.29 is 13.2 Å². The van der Waals surface area contributed by atoms with Crippen LogP contribution in [0.5, 0.6) is 0 Å². The second-order valence-electron chi connectivity index (χ2n) is 5.05. The molecular formula is C11H22N2O3S. The molecule has 2 atom stereocenters. The van der Waals surface area contributed by atoms with Gasteiger partial charge in [-0.25, -0.2) is 8.42 Å². The lowest BCUT2D eigenvalue weighted by molar-refractivity contribution is 0.00350. The average Bonchev–Trinajstić information content (AvgIpc) is 2.29. The van der Waals surface area contributed by atoms with Crippen molar-refractivity contribution in [2.75, 3.05) is 44.8 Å². The van der Waals surface area contributed by atoms with Crippen LogP contribution in [-0.2, 0) is 14.6 Å². The molecule has 100 valence electrons. The number of hydrogen-bond donors (Lipinski definition) is 1. The van der Waals surface area contributed by atoms with Crippen LogP contribution in [0, 0.1) is 0 Å². The number of sulfone groups is 1. The van der Waals surface area contributed by atoms with Gasteiger partial charge >= 0.3 is 0 Å². The van der Waals surface area contributed by atoms with Crippen LogP contribution in [0.2, 0.25) is 0 Å². The summed E-state index contributed by atoms with van der Waals surface area (Å²) in [7, 11) is -0.812. The van der Waals surface area contributed by atoms with Crippen LogP contribution in [-0.4, -0.2) is 70.3 Å². The van der Waals surface area contributed by atoms with Gasteiger partial charge in [-0.05, 0) is 19.9 Å². The standard InChI is InChI=1S/C11H22N2O3S/c1-13(8-11-7-12-4-5-16-11)10-3-2-6-17(14,15)9-10/h10-12H,2-9H2,1H3. The predicted octanol–water partition coefficient (Wildman–Crippen LogP) is -0.516. The quantitative estimate of drug-likeness (QED) is 0.742. The molecule has 0 aliphatic carbocycles. The minimum absolute atomic E-state index is 0.166. The first-order valence-corrected chi connectivity index (χ1v) is 8.12. The summed E-state index contributed by atoms with van der Waals surface area (Å²) in [6, 6.07) is 0.166. The average molecular weight is 262 g/mol. The van der Waals surface area contributed by atoms with E-state index in [0.29, 0.717) is 11.5 Å². The lowest BCUT2D eigenvalue weighted by atomic mass is 10.1. The maximum absolute atomic E-state index is 11.6. The van der Waals surface area contributed by atoms with Crippen molar-refractivity contribution in [2.24, 2.45) is 0 Å². The highest BCUT2D eigenvalue weighted by atomic mass is 32.2. The normalized spacial score (nSPS) is 33.8. The minimum atomic E-state index is -2.82. The van der Waals surface area contributed by atoms with Crippen molar-refractivity contribution in [3.63, 3.8) is 0 Å². The molecule has 2 fully saturated rings. The molecule has 2 heterocycles. The van der Waals surface area contributed by atoms with Gasteiger partial charge in [0.05, 0.1) is 24.2 Å². The van der Waals surface area contributed by atoms with Gasteiger partial charge < -0.3 is 10.1 Å². The predicted molar refractivity (Wildman–Crippen MR) is 66.9 cm³/mol. The number of likely N-dealkylation sites (N-methyl/N-ethyl adjacent to an activating group) is 1. The van der Waals surface area contributed by atoms with E-state index in [1.54, 1.807) is 0 Å². The number of nitrogens with zero attached hydrogens (tertiary/aromatic N) is 1. The van der Waals surface area contributed by atoms with Gasteiger partial charge in [0, 0.05) is 25.7 Å². The van der Waals surface area contributed by atoms with Crippen LogP contribution in [0.3, 0.4) is 0 Å². The lowest BCUT2D eigenvalue weighted by Gasteiger charge is -2.34. The fourth-order valence-electron chi connectivity index (χ4n) is 2.55. The molecule has 0 amide bonds. The van der Waals surface area contributed by atoms with Crippen LogP contribution >= 0.6 is 0 Å². The Kier molecular flexibility index (Phi) is 4.41. The van der Waals surface area contributed by atoms with Crippen LogP contribution < -0.4 is 5.32 Å². The second-order valence-corrected chi connectivity index (χ2v) is 7.28. The number of morpholine rings is 1. The number of nitrogens with one attached hydrogen (secondary N) is 1. The van der Waals surface area contributed by atoms with Crippen LogP contribution in [0.4, 0.5) is 0 Å². The van der Waals surface area contributed by atoms with Crippen molar-refractivity contribution in [1.82, 2.24) is 10.2 Å². The van der Waals surface area contributed by atoms with Crippen molar-refractivity contribution in [2.45, 2.75) is 25.0 Å². The van der Waals surface area contributed by atoms with E-state index in [9.17, 15) is 8.42 Å². The summed E-state index contributed by atoms with van der Waals surface area (Å²) in [5, 5.41) is 3.29. The number of ether oxygens (including phenoxy) is 1. The molecular weight excluding hydrogens is 240 g/mol. The minimum Gasteiger partial charge on any atom is -0.374 e. The zero-order valence-corrected chi connectivity index (χ0v) is 11.2. The molecule has 0 saturated carbocycles. The largest absolute Gasteiger partial charge is 0.374 e. The SMILES string of the molecule is CN(CC1CNCCO1)C1CCCS(=O)(=O)C1. The first kappa shape index (κ1) is 13.3. The molecule has 0 radical (unpaired) electrons. The zero-order chi connectivity index (χ0) is 12.3. The van der Waals surface area contributed by atoms with E-state index in [-0.39, 0.29) is 12.1 Å². The van der Waals surface area contributed by atoms with E-state index in [4.69, 9.17) is 4.74 Å². The molecule has 2 aliphatic heterocycles. The highest BCUT2D eigenvalue weighted by molar-refractivity contribution is 7.91. The van der Waals surface area contributed by atoms with Gasteiger partial charge in [-0.3, -0.25) is 4.90 Å². The molecule has 0 aromatic carbocycles. The van der Waals surface area contributed by atoms with E-state index in [0.717, 1.165) is 39.1 Å². The Balaban J connectivity index is 1.84. The Labute approximate surface area is 103 Å². The van der Waals surface area contributed by atoms with Crippen LogP contribution in [0.25, 0.3) is 0 Å². The molecule has 6 heteroatoms. The zero-order valence-electron chi connectivity index (χ0n) is 10.4. The lowest BCUT2D eigenvalue weighted by Crippen LogP contribution is -2.49. The molecule has 17 heavy (non-hydrogen) atoms. The Morgan fingerprint density at radius 2 is 2.29 bits per heavy atom. The molecule has 1 N–H and O–H groups in total. The highest BCUT2D eigenvalue weighted by Crippen LogP contribution is 2.17. The van der Waals surface area contributed by atoms with Gasteiger partial charge in [-0.2, -0.15) is 0 Å². The summed E-state index contributed by atoms with van der Waals surface area (Å²) >= 11 is 0. The van der Waals surface area contributed by atoms with Gasteiger partial charge in [0.1, 0.15) is 0 Å². The number of hydrogen-bond acceptors (Lipinski definition) is 5. The highest BCUT2D eigenvalue weighted by Gasteiger charge is 2.29. The van der Waals surface area contributed by atoms with Gasteiger partial charge in [0.25, 0.3) is 0 Å². The topological polar surface area (TPSA) is 58.6 Å². The van der Waals surface area contributed by atoms with Gasteiger partial charge in [0.15, 0.2) is 9.84 Å². The first-order valence-electron chi connectivity index (χ1n) is 6.30. The van der Waals surface area contributed by atoms with Crippen LogP contribution in [0.15, 0.2) is 0 Å². The van der Waals surface area contributed by atoms with Crippen molar-refractivity contribution in [3.8, 4) is 0 Å². The molecule has 0 aromatic heterocycles. The van der Waals surface area contributed by atoms with Gasteiger partial charge in [-0.15, -0.1) is 0 Å². The fourth-order valence-corrected chi connectivity index (χ4v) is 4.33. The summed E-state index contributed by atoms with van der Waals surface area (Å²) in [4.78, 5) is 2.15. The van der Waals surface area contributed by atoms with Crippen molar-refractivity contribution in [3.05, 3.63) is 0 Å². The third-order valence-corrected chi connectivity index (χ3v) is 5.36. The Bertz CT molecular complexity index is 339. The monoisotopic (exact) mass is 262 g/mol. The molecule has 0 spiro atoms. The fraction of sp³-hybridized carbons (Fsp3) is 1.00. The van der Waals surface area contributed by atoms with E-state index >= 15 is 0 Å². The smallest absolute Gasteiger partial charge is 0.151 e.